The minimum absolute atomic E-state index is 0.0166. The van der Waals surface area contributed by atoms with Crippen molar-refractivity contribution in [1.82, 2.24) is 0 Å². The van der Waals surface area contributed by atoms with E-state index in [1.807, 2.05) is 20.8 Å². The second-order valence-corrected chi connectivity index (χ2v) is 8.14. The van der Waals surface area contributed by atoms with Crippen LogP contribution in [-0.4, -0.2) is 23.1 Å². The van der Waals surface area contributed by atoms with Crippen LogP contribution in [0.3, 0.4) is 0 Å². The average Bonchev–Trinajstić information content (AvgIpc) is 2.51. The molecule has 4 heteroatoms. The second-order valence-electron chi connectivity index (χ2n) is 8.14. The summed E-state index contributed by atoms with van der Waals surface area (Å²) in [6.45, 7) is 10.6. The van der Waals surface area contributed by atoms with Crippen LogP contribution in [0.2, 0.25) is 0 Å². The smallest absolute Gasteiger partial charge is 0.339 e. The Bertz CT molecular complexity index is 570. The molecule has 25 heavy (non-hydrogen) atoms. The monoisotopic (exact) mass is 348 g/mol. The van der Waals surface area contributed by atoms with Crippen molar-refractivity contribution < 1.29 is 19.4 Å². The molecule has 4 nitrogen and oxygen atoms in total. The van der Waals surface area contributed by atoms with E-state index in [1.165, 1.54) is 25.0 Å². The van der Waals surface area contributed by atoms with Crippen LogP contribution < -0.4 is 0 Å². The van der Waals surface area contributed by atoms with Gasteiger partial charge in [0.25, 0.3) is 0 Å². The molecular weight excluding hydrogens is 316 g/mol. The third kappa shape index (κ3) is 7.29. The summed E-state index contributed by atoms with van der Waals surface area (Å²) in [6, 6.07) is 6.20. The maximum Gasteiger partial charge on any atom is 0.339 e. The van der Waals surface area contributed by atoms with Gasteiger partial charge in [-0.15, -0.1) is 0 Å². The summed E-state index contributed by atoms with van der Waals surface area (Å²) < 4.78 is 5.72. The van der Waals surface area contributed by atoms with Gasteiger partial charge in [0, 0.05) is 0 Å². The molecule has 0 amide bonds. The van der Waals surface area contributed by atoms with Crippen molar-refractivity contribution in [1.29, 1.82) is 0 Å². The van der Waals surface area contributed by atoms with E-state index in [0.717, 1.165) is 19.3 Å². The minimum Gasteiger partial charge on any atom is -0.478 e. The Morgan fingerprint density at radius 1 is 1.00 bits per heavy atom. The molecule has 1 aromatic rings. The molecule has 0 aliphatic rings. The largest absolute Gasteiger partial charge is 0.478 e. The summed E-state index contributed by atoms with van der Waals surface area (Å²) in [4.78, 5) is 23.8. The number of esters is 1. The van der Waals surface area contributed by atoms with Crippen molar-refractivity contribution in [3.8, 4) is 0 Å². The predicted molar refractivity (Wildman–Crippen MR) is 100.0 cm³/mol. The lowest BCUT2D eigenvalue weighted by Crippen LogP contribution is -2.32. The van der Waals surface area contributed by atoms with Crippen LogP contribution in [0.4, 0.5) is 0 Å². The van der Waals surface area contributed by atoms with E-state index >= 15 is 0 Å². The van der Waals surface area contributed by atoms with E-state index in [0.29, 0.717) is 5.92 Å². The number of hydrogen-bond acceptors (Lipinski definition) is 3. The van der Waals surface area contributed by atoms with E-state index in [1.54, 1.807) is 12.1 Å². The fourth-order valence-corrected chi connectivity index (χ4v) is 2.77. The van der Waals surface area contributed by atoms with Gasteiger partial charge in [-0.05, 0) is 36.3 Å². The summed E-state index contributed by atoms with van der Waals surface area (Å²) in [5.41, 5.74) is -0.0903. The lowest BCUT2D eigenvalue weighted by molar-refractivity contribution is -0.00714. The number of aromatic carboxylic acids is 1. The highest BCUT2D eigenvalue weighted by molar-refractivity contribution is 6.02. The van der Waals surface area contributed by atoms with Crippen molar-refractivity contribution in [3.63, 3.8) is 0 Å². The van der Waals surface area contributed by atoms with Gasteiger partial charge < -0.3 is 9.84 Å². The lowest BCUT2D eigenvalue weighted by atomic mass is 9.85. The zero-order valence-corrected chi connectivity index (χ0v) is 16.2. The fourth-order valence-electron chi connectivity index (χ4n) is 2.77. The van der Waals surface area contributed by atoms with Gasteiger partial charge in [-0.2, -0.15) is 0 Å². The number of ether oxygens (including phenoxy) is 1. The van der Waals surface area contributed by atoms with Crippen molar-refractivity contribution in [2.24, 2.45) is 11.3 Å². The fraction of sp³-hybridized carbons (Fsp3) is 0.619. The van der Waals surface area contributed by atoms with Gasteiger partial charge in [0.15, 0.2) is 0 Å². The first kappa shape index (κ1) is 21.2. The summed E-state index contributed by atoms with van der Waals surface area (Å²) in [7, 11) is 0. The van der Waals surface area contributed by atoms with Crippen LogP contribution >= 0.6 is 0 Å². The Morgan fingerprint density at radius 3 is 2.08 bits per heavy atom. The maximum absolute atomic E-state index is 12.5. The molecule has 1 aromatic carbocycles. The molecule has 0 bridgehead atoms. The van der Waals surface area contributed by atoms with E-state index in [4.69, 9.17) is 4.74 Å². The normalized spacial score (nSPS) is 12.9. The number of carboxylic acids is 1. The van der Waals surface area contributed by atoms with E-state index in [9.17, 15) is 14.7 Å². The van der Waals surface area contributed by atoms with Gasteiger partial charge in [0.2, 0.25) is 0 Å². The Labute approximate surface area is 151 Å². The third-order valence-electron chi connectivity index (χ3n) is 4.34. The first-order valence-corrected chi connectivity index (χ1v) is 9.16. The van der Waals surface area contributed by atoms with E-state index in [-0.39, 0.29) is 22.6 Å². The predicted octanol–water partition coefficient (Wildman–Crippen LogP) is 5.56. The standard InChI is InChI=1S/C21H32O4/c1-15(2)11-7-6-8-14-18(21(3,4)5)25-20(24)17-13-10-9-12-16(17)19(22)23/h9-10,12-13,15,18H,6-8,11,14H2,1-5H3,(H,22,23). The highest BCUT2D eigenvalue weighted by Crippen LogP contribution is 2.28. The van der Waals surface area contributed by atoms with Gasteiger partial charge in [0.1, 0.15) is 6.10 Å². The van der Waals surface area contributed by atoms with E-state index in [2.05, 4.69) is 13.8 Å². The number of carboxylic acid groups (broad SMARTS) is 1. The first-order chi connectivity index (χ1) is 11.6. The third-order valence-corrected chi connectivity index (χ3v) is 4.34. The van der Waals surface area contributed by atoms with Crippen molar-refractivity contribution in [2.75, 3.05) is 0 Å². The number of carbonyl (C=O) groups excluding carboxylic acids is 1. The summed E-state index contributed by atoms with van der Waals surface area (Å²) in [5.74, 6) is -0.961. The number of unbranched alkanes of at least 4 members (excludes halogenated alkanes) is 2. The molecule has 1 unspecified atom stereocenters. The SMILES string of the molecule is CC(C)CCCCCC(OC(=O)c1ccccc1C(=O)O)C(C)(C)C. The molecule has 0 saturated heterocycles. The van der Waals surface area contributed by atoms with Gasteiger partial charge in [-0.25, -0.2) is 9.59 Å². The Balaban J connectivity index is 2.73. The maximum atomic E-state index is 12.5. The number of benzene rings is 1. The van der Waals surface area contributed by atoms with Crippen LogP contribution in [-0.2, 0) is 4.74 Å². The Kier molecular flexibility index (Phi) is 8.14. The quantitative estimate of drug-likeness (QED) is 0.468. The van der Waals surface area contributed by atoms with Crippen LogP contribution in [0.5, 0.6) is 0 Å². The topological polar surface area (TPSA) is 63.6 Å². The molecule has 0 aromatic heterocycles. The molecule has 0 spiro atoms. The van der Waals surface area contributed by atoms with Gasteiger partial charge in [-0.3, -0.25) is 0 Å². The second kappa shape index (κ2) is 9.59. The molecule has 0 saturated carbocycles. The number of carbonyl (C=O) groups is 2. The van der Waals surface area contributed by atoms with E-state index < -0.39 is 11.9 Å². The van der Waals surface area contributed by atoms with Crippen LogP contribution in [0.25, 0.3) is 0 Å². The van der Waals surface area contributed by atoms with Gasteiger partial charge in [0.05, 0.1) is 11.1 Å². The molecule has 0 aliphatic heterocycles. The van der Waals surface area contributed by atoms with Gasteiger partial charge in [-0.1, -0.05) is 66.0 Å². The summed E-state index contributed by atoms with van der Waals surface area (Å²) in [5, 5.41) is 9.25. The minimum atomic E-state index is -1.12. The molecular formula is C21H32O4. The zero-order chi connectivity index (χ0) is 19.0. The zero-order valence-electron chi connectivity index (χ0n) is 16.2. The Hall–Kier alpha value is -1.84. The molecule has 1 N–H and O–H groups in total. The number of rotatable bonds is 9. The highest BCUT2D eigenvalue weighted by atomic mass is 16.5. The van der Waals surface area contributed by atoms with Crippen molar-refractivity contribution in [2.45, 2.75) is 72.8 Å². The molecule has 140 valence electrons. The van der Waals surface area contributed by atoms with Gasteiger partial charge >= 0.3 is 11.9 Å². The molecule has 1 rings (SSSR count). The molecule has 0 radical (unpaired) electrons. The molecule has 1 atom stereocenters. The van der Waals surface area contributed by atoms with Crippen molar-refractivity contribution >= 4 is 11.9 Å². The lowest BCUT2D eigenvalue weighted by Gasteiger charge is -2.30. The van der Waals surface area contributed by atoms with Crippen molar-refractivity contribution in [3.05, 3.63) is 35.4 Å². The summed E-state index contributed by atoms with van der Waals surface area (Å²) in [6.07, 6.45) is 5.08. The summed E-state index contributed by atoms with van der Waals surface area (Å²) >= 11 is 0. The van der Waals surface area contributed by atoms with Crippen LogP contribution in [0, 0.1) is 11.3 Å². The molecule has 0 fully saturated rings. The first-order valence-electron chi connectivity index (χ1n) is 9.16. The van der Waals surface area contributed by atoms with Crippen LogP contribution in [0.15, 0.2) is 24.3 Å². The average molecular weight is 348 g/mol. The highest BCUT2D eigenvalue weighted by Gasteiger charge is 2.29. The molecule has 0 heterocycles. The van der Waals surface area contributed by atoms with Crippen LogP contribution in [0.1, 0.15) is 87.4 Å². The Morgan fingerprint density at radius 2 is 1.56 bits per heavy atom. The number of hydrogen-bond donors (Lipinski definition) is 1. The molecule has 0 aliphatic carbocycles.